The van der Waals surface area contributed by atoms with E-state index in [-0.39, 0.29) is 39.6 Å². The average Bonchev–Trinajstić information content (AvgIpc) is 2.76. The summed E-state index contributed by atoms with van der Waals surface area (Å²) >= 11 is -2.76. The molecule has 0 aromatic heterocycles. The van der Waals surface area contributed by atoms with Crippen molar-refractivity contribution < 1.29 is 59.2 Å². The summed E-state index contributed by atoms with van der Waals surface area (Å²) in [6.07, 6.45) is 4.08. The van der Waals surface area contributed by atoms with Gasteiger partial charge in [-0.25, -0.2) is 0 Å². The number of unbranched alkanes of at least 4 members (excludes halogenated alkanes) is 2. The second kappa shape index (κ2) is 33.3. The molecule has 196 valence electrons. The van der Waals surface area contributed by atoms with Crippen molar-refractivity contribution in [3.05, 3.63) is 0 Å². The maximum Gasteiger partial charge on any atom is 0.0558 e. The fraction of sp³-hybridized carbons (Fsp3) is 1.00. The predicted octanol–water partition coefficient (Wildman–Crippen LogP) is -1.06. The molecule has 0 saturated carbocycles. The number of nitrogens with zero attached hydrogens (tertiary/aromatic N) is 2. The largest absolute Gasteiger partial charge is 0.395 e. The summed E-state index contributed by atoms with van der Waals surface area (Å²) in [7, 11) is 0. The van der Waals surface area contributed by atoms with E-state index >= 15 is 0 Å². The molecule has 0 spiro atoms. The van der Waals surface area contributed by atoms with E-state index in [4.69, 9.17) is 37.3 Å². The minimum Gasteiger partial charge on any atom is -0.395 e. The van der Waals surface area contributed by atoms with E-state index in [1.54, 1.807) is 9.80 Å². The molecule has 6 N–H and O–H groups in total. The number of hydrogen-bond donors (Lipinski definition) is 6. The van der Waals surface area contributed by atoms with Crippen molar-refractivity contribution in [2.75, 3.05) is 92.1 Å². The van der Waals surface area contributed by atoms with Gasteiger partial charge in [0.1, 0.15) is 0 Å². The van der Waals surface area contributed by atoms with E-state index in [2.05, 4.69) is 13.8 Å². The van der Waals surface area contributed by atoms with Gasteiger partial charge in [-0.2, -0.15) is 0 Å². The SMILES string of the molecule is CCCC[O][Ti](=[O])[O]CCCC.OCCN(CCO)CCO.OCCN(CCO)CCO. The third-order valence-electron chi connectivity index (χ3n) is 3.93. The zero-order valence-electron chi connectivity index (χ0n) is 20.0. The first-order valence-electron chi connectivity index (χ1n) is 11.4. The van der Waals surface area contributed by atoms with Crippen LogP contribution in [0.5, 0.6) is 0 Å². The zero-order valence-corrected chi connectivity index (χ0v) is 21.6. The minimum atomic E-state index is -2.76. The van der Waals surface area contributed by atoms with Gasteiger partial charge in [0.05, 0.1) is 39.6 Å². The molecule has 0 aliphatic heterocycles. The minimum absolute atomic E-state index is 0.0694. The fourth-order valence-electron chi connectivity index (χ4n) is 2.16. The Morgan fingerprint density at radius 1 is 0.562 bits per heavy atom. The molecular weight excluding hydrogens is 460 g/mol. The number of aliphatic hydroxyl groups excluding tert-OH is 6. The Bertz CT molecular complexity index is 301. The van der Waals surface area contributed by atoms with Gasteiger partial charge in [-0.05, 0) is 0 Å². The fourth-order valence-corrected chi connectivity index (χ4v) is 3.26. The summed E-state index contributed by atoms with van der Waals surface area (Å²) in [5.74, 6) is 0. The Hall–Kier alpha value is 0.114. The molecule has 12 heteroatoms. The van der Waals surface area contributed by atoms with Crippen LogP contribution >= 0.6 is 0 Å². The van der Waals surface area contributed by atoms with E-state index in [0.29, 0.717) is 52.5 Å². The molecule has 0 atom stereocenters. The van der Waals surface area contributed by atoms with E-state index < -0.39 is 18.6 Å². The molecule has 0 saturated heterocycles. The quantitative estimate of drug-likeness (QED) is 0.0878. The van der Waals surface area contributed by atoms with Crippen LogP contribution in [-0.2, 0) is 28.6 Å². The van der Waals surface area contributed by atoms with Crippen LogP contribution in [0.15, 0.2) is 0 Å². The van der Waals surface area contributed by atoms with Crippen LogP contribution < -0.4 is 0 Å². The summed E-state index contributed by atoms with van der Waals surface area (Å²) < 4.78 is 21.0. The molecule has 0 aliphatic rings. The van der Waals surface area contributed by atoms with Crippen LogP contribution in [0, 0.1) is 0 Å². The average molecular weight is 508 g/mol. The van der Waals surface area contributed by atoms with Gasteiger partial charge in [-0.1, -0.05) is 0 Å². The molecule has 0 rings (SSSR count). The summed E-state index contributed by atoms with van der Waals surface area (Å²) in [6.45, 7) is 8.83. The number of rotatable bonds is 20. The van der Waals surface area contributed by atoms with Crippen molar-refractivity contribution in [3.63, 3.8) is 0 Å². The molecular formula is C20H48N2O9Ti. The molecule has 0 aliphatic carbocycles. The van der Waals surface area contributed by atoms with E-state index in [1.165, 1.54) is 0 Å². The number of aliphatic hydroxyl groups is 6. The van der Waals surface area contributed by atoms with Crippen LogP contribution in [0.2, 0.25) is 0 Å². The maximum atomic E-state index is 11.0. The molecule has 0 unspecified atom stereocenters. The first-order valence-corrected chi connectivity index (χ1v) is 13.3. The molecule has 0 amide bonds. The summed E-state index contributed by atoms with van der Waals surface area (Å²) in [5, 5.41) is 50.9. The van der Waals surface area contributed by atoms with Crippen LogP contribution in [0.4, 0.5) is 0 Å². The molecule has 0 bridgehead atoms. The monoisotopic (exact) mass is 508 g/mol. The van der Waals surface area contributed by atoms with E-state index in [1.807, 2.05) is 0 Å². The van der Waals surface area contributed by atoms with Gasteiger partial charge in [0, 0.05) is 39.3 Å². The van der Waals surface area contributed by atoms with E-state index in [0.717, 1.165) is 25.7 Å². The first-order chi connectivity index (χ1) is 15.5. The van der Waals surface area contributed by atoms with Gasteiger partial charge >= 0.3 is 81.3 Å². The third kappa shape index (κ3) is 32.3. The van der Waals surface area contributed by atoms with Gasteiger partial charge in [-0.3, -0.25) is 9.80 Å². The molecule has 0 radical (unpaired) electrons. The Labute approximate surface area is 200 Å². The van der Waals surface area contributed by atoms with Gasteiger partial charge in [0.15, 0.2) is 0 Å². The number of hydrogen-bond acceptors (Lipinski definition) is 11. The molecule has 0 heterocycles. The molecule has 0 fully saturated rings. The zero-order chi connectivity index (χ0) is 24.9. The third-order valence-corrected chi connectivity index (χ3v) is 5.31. The van der Waals surface area contributed by atoms with Gasteiger partial charge in [0.2, 0.25) is 0 Å². The van der Waals surface area contributed by atoms with Crippen LogP contribution in [-0.4, -0.2) is 133 Å². The van der Waals surface area contributed by atoms with Crippen LogP contribution in [0.3, 0.4) is 0 Å². The van der Waals surface area contributed by atoms with Crippen molar-refractivity contribution in [1.82, 2.24) is 9.80 Å². The Morgan fingerprint density at radius 3 is 1.00 bits per heavy atom. The van der Waals surface area contributed by atoms with Gasteiger partial charge in [-0.15, -0.1) is 0 Å². The standard InChI is InChI=1S/2C6H15NO3.2C4H9O.O.Ti/c2*8-4-1-7(2-5-9)3-6-10;2*1-2-3-4-5;;/h2*8-10H,1-6H2;2*2-4H2,1H3;;/q;;2*-1;;+2. The molecule has 0 aromatic rings. The predicted molar refractivity (Wildman–Crippen MR) is 118 cm³/mol. The van der Waals surface area contributed by atoms with Crippen LogP contribution in [0.25, 0.3) is 0 Å². The van der Waals surface area contributed by atoms with E-state index in [9.17, 15) is 3.32 Å². The summed E-state index contributed by atoms with van der Waals surface area (Å²) in [4.78, 5) is 3.58. The summed E-state index contributed by atoms with van der Waals surface area (Å²) in [5.41, 5.74) is 0. The molecule has 11 nitrogen and oxygen atoms in total. The first kappa shape index (κ1) is 36.7. The van der Waals surface area contributed by atoms with Gasteiger partial charge < -0.3 is 30.6 Å². The Morgan fingerprint density at radius 2 is 0.812 bits per heavy atom. The molecule has 0 aromatic carbocycles. The Kier molecular flexibility index (Phi) is 38.2. The van der Waals surface area contributed by atoms with Crippen LogP contribution in [0.1, 0.15) is 39.5 Å². The smallest absolute Gasteiger partial charge is 0.0558 e. The maximum absolute atomic E-state index is 11.0. The van der Waals surface area contributed by atoms with Crippen molar-refractivity contribution in [2.45, 2.75) is 39.5 Å². The molecule has 32 heavy (non-hydrogen) atoms. The van der Waals surface area contributed by atoms with Crippen molar-refractivity contribution in [3.8, 4) is 0 Å². The second-order valence-corrected chi connectivity index (χ2v) is 8.36. The van der Waals surface area contributed by atoms with Crippen molar-refractivity contribution in [2.24, 2.45) is 0 Å². The topological polar surface area (TPSA) is 163 Å². The Balaban J connectivity index is -0.000000397. The van der Waals surface area contributed by atoms with Crippen molar-refractivity contribution in [1.29, 1.82) is 0 Å². The normalized spacial score (nSPS) is 10.6. The summed E-state index contributed by atoms with van der Waals surface area (Å²) in [6, 6.07) is 0. The second-order valence-electron chi connectivity index (χ2n) is 6.68. The van der Waals surface area contributed by atoms with Gasteiger partial charge in [0.25, 0.3) is 0 Å². The van der Waals surface area contributed by atoms with Crippen molar-refractivity contribution >= 4 is 0 Å².